The fraction of sp³-hybridized carbons (Fsp3) is 0.256. The van der Waals surface area contributed by atoms with Crippen molar-refractivity contribution < 1.29 is 23.5 Å². The zero-order chi connectivity index (χ0) is 33.4. The van der Waals surface area contributed by atoms with E-state index in [1.807, 2.05) is 91.0 Å². The summed E-state index contributed by atoms with van der Waals surface area (Å²) in [6.07, 6.45) is 3.11. The smallest absolute Gasteiger partial charge is 0.408 e. The number of hydrogen-bond donors (Lipinski definition) is 2. The van der Waals surface area contributed by atoms with Gasteiger partial charge in [0.05, 0.1) is 6.04 Å². The summed E-state index contributed by atoms with van der Waals surface area (Å²) in [6.45, 7) is 5.71. The SMILES string of the molecule is CC(C)(C)OC(=O)N[C@H](/C=C/C(=O)N1CCc2cc(F)ccc21)CCC(=O)NC(c1ccccc1)(c1ccccc1)c1ccccc1. The maximum Gasteiger partial charge on any atom is 0.408 e. The summed E-state index contributed by atoms with van der Waals surface area (Å²) in [4.78, 5) is 41.5. The van der Waals surface area contributed by atoms with Gasteiger partial charge >= 0.3 is 6.09 Å². The molecule has 0 unspecified atom stereocenters. The van der Waals surface area contributed by atoms with Gasteiger partial charge in [0.2, 0.25) is 5.91 Å². The number of alkyl carbamates (subject to hydrolysis) is 1. The Labute approximate surface area is 275 Å². The molecule has 1 aliphatic rings. The maximum atomic E-state index is 13.9. The summed E-state index contributed by atoms with van der Waals surface area (Å²) in [7, 11) is 0. The van der Waals surface area contributed by atoms with Crippen LogP contribution in [0.3, 0.4) is 0 Å². The van der Waals surface area contributed by atoms with Crippen LogP contribution in [0.4, 0.5) is 14.9 Å². The number of ether oxygens (including phenoxy) is 1. The van der Waals surface area contributed by atoms with Gasteiger partial charge in [-0.05, 0) is 74.1 Å². The van der Waals surface area contributed by atoms with Crippen LogP contribution in [-0.2, 0) is 26.3 Å². The van der Waals surface area contributed by atoms with Crippen LogP contribution in [0.1, 0.15) is 55.9 Å². The van der Waals surface area contributed by atoms with E-state index in [-0.39, 0.29) is 30.5 Å². The number of nitrogens with zero attached hydrogens (tertiary/aromatic N) is 1. The van der Waals surface area contributed by atoms with E-state index in [9.17, 15) is 18.8 Å². The highest BCUT2D eigenvalue weighted by atomic mass is 19.1. The lowest BCUT2D eigenvalue weighted by Gasteiger charge is -2.37. The predicted molar refractivity (Wildman–Crippen MR) is 181 cm³/mol. The van der Waals surface area contributed by atoms with Gasteiger partial charge in [0, 0.05) is 24.7 Å². The Morgan fingerprint density at radius 3 is 1.94 bits per heavy atom. The summed E-state index contributed by atoms with van der Waals surface area (Å²) in [6, 6.07) is 33.1. The average Bonchev–Trinajstić information content (AvgIpc) is 3.48. The lowest BCUT2D eigenvalue weighted by molar-refractivity contribution is -0.122. The Balaban J connectivity index is 1.39. The first-order valence-electron chi connectivity index (χ1n) is 15.8. The van der Waals surface area contributed by atoms with E-state index in [0.717, 1.165) is 22.3 Å². The van der Waals surface area contributed by atoms with Gasteiger partial charge in [0.25, 0.3) is 5.91 Å². The third kappa shape index (κ3) is 8.14. The Morgan fingerprint density at radius 2 is 1.40 bits per heavy atom. The van der Waals surface area contributed by atoms with E-state index in [0.29, 0.717) is 18.7 Å². The summed E-state index contributed by atoms with van der Waals surface area (Å²) >= 11 is 0. The molecule has 0 saturated carbocycles. The van der Waals surface area contributed by atoms with Crippen molar-refractivity contribution in [3.63, 3.8) is 0 Å². The van der Waals surface area contributed by atoms with Gasteiger partial charge in [-0.25, -0.2) is 9.18 Å². The zero-order valence-electron chi connectivity index (χ0n) is 26.9. The highest BCUT2D eigenvalue weighted by Crippen LogP contribution is 2.37. The molecule has 0 aromatic heterocycles. The molecule has 2 N–H and O–H groups in total. The Bertz CT molecular complexity index is 1620. The first-order valence-corrected chi connectivity index (χ1v) is 15.8. The number of hydrogen-bond acceptors (Lipinski definition) is 4. The number of fused-ring (bicyclic) bond motifs is 1. The molecule has 0 saturated heterocycles. The third-order valence-corrected chi connectivity index (χ3v) is 8.01. The number of rotatable bonds is 10. The normalized spacial score (nSPS) is 13.6. The fourth-order valence-corrected chi connectivity index (χ4v) is 5.90. The van der Waals surface area contributed by atoms with Gasteiger partial charge in [-0.3, -0.25) is 9.59 Å². The van der Waals surface area contributed by atoms with E-state index in [2.05, 4.69) is 10.6 Å². The lowest BCUT2D eigenvalue weighted by atomic mass is 9.77. The van der Waals surface area contributed by atoms with Gasteiger partial charge in [-0.15, -0.1) is 0 Å². The highest BCUT2D eigenvalue weighted by molar-refractivity contribution is 6.03. The summed E-state index contributed by atoms with van der Waals surface area (Å²) in [5.41, 5.74) is 2.40. The van der Waals surface area contributed by atoms with E-state index >= 15 is 0 Å². The molecule has 0 radical (unpaired) electrons. The van der Waals surface area contributed by atoms with Crippen molar-refractivity contribution in [3.8, 4) is 0 Å². The molecule has 1 aliphatic heterocycles. The van der Waals surface area contributed by atoms with Crippen LogP contribution in [0.5, 0.6) is 0 Å². The summed E-state index contributed by atoms with van der Waals surface area (Å²) in [5.74, 6) is -0.885. The lowest BCUT2D eigenvalue weighted by Crippen LogP contribution is -2.48. The van der Waals surface area contributed by atoms with Crippen LogP contribution in [0, 0.1) is 5.82 Å². The second-order valence-corrected chi connectivity index (χ2v) is 12.6. The molecule has 8 heteroatoms. The van der Waals surface area contributed by atoms with E-state index in [1.54, 1.807) is 37.8 Å². The molecule has 0 spiro atoms. The minimum absolute atomic E-state index is 0.0407. The van der Waals surface area contributed by atoms with Crippen molar-refractivity contribution in [1.82, 2.24) is 10.6 Å². The molecule has 242 valence electrons. The van der Waals surface area contributed by atoms with Crippen LogP contribution < -0.4 is 15.5 Å². The van der Waals surface area contributed by atoms with Gasteiger partial charge in [-0.2, -0.15) is 0 Å². The van der Waals surface area contributed by atoms with E-state index in [1.165, 1.54) is 18.2 Å². The molecule has 47 heavy (non-hydrogen) atoms. The third-order valence-electron chi connectivity index (χ3n) is 8.01. The second kappa shape index (κ2) is 14.5. The van der Waals surface area contributed by atoms with Crippen molar-refractivity contribution in [2.24, 2.45) is 0 Å². The van der Waals surface area contributed by atoms with Crippen molar-refractivity contribution in [2.75, 3.05) is 11.4 Å². The van der Waals surface area contributed by atoms with Gasteiger partial charge in [0.15, 0.2) is 0 Å². The molecule has 0 aliphatic carbocycles. The summed E-state index contributed by atoms with van der Waals surface area (Å²) in [5, 5.41) is 6.15. The minimum Gasteiger partial charge on any atom is -0.444 e. The largest absolute Gasteiger partial charge is 0.444 e. The summed E-state index contributed by atoms with van der Waals surface area (Å²) < 4.78 is 19.2. The molecule has 5 rings (SSSR count). The minimum atomic E-state index is -0.983. The molecule has 1 heterocycles. The number of carbonyl (C=O) groups is 3. The van der Waals surface area contributed by atoms with Crippen LogP contribution in [0.25, 0.3) is 0 Å². The van der Waals surface area contributed by atoms with Crippen LogP contribution in [-0.4, -0.2) is 36.1 Å². The number of halogens is 1. The van der Waals surface area contributed by atoms with Crippen LogP contribution >= 0.6 is 0 Å². The van der Waals surface area contributed by atoms with Crippen LogP contribution in [0.15, 0.2) is 121 Å². The first-order chi connectivity index (χ1) is 22.5. The molecule has 0 bridgehead atoms. The molecular weight excluding hydrogens is 593 g/mol. The predicted octanol–water partition coefficient (Wildman–Crippen LogP) is 7.05. The number of carbonyl (C=O) groups excluding carboxylic acids is 3. The first kappa shape index (κ1) is 33.1. The second-order valence-electron chi connectivity index (χ2n) is 12.6. The quantitative estimate of drug-likeness (QED) is 0.145. The maximum absolute atomic E-state index is 13.9. The average molecular weight is 634 g/mol. The number of benzene rings is 4. The zero-order valence-corrected chi connectivity index (χ0v) is 26.9. The van der Waals surface area contributed by atoms with Crippen molar-refractivity contribution in [3.05, 3.63) is 149 Å². The topological polar surface area (TPSA) is 87.7 Å². The molecular formula is C39H40FN3O4. The van der Waals surface area contributed by atoms with E-state index < -0.39 is 23.3 Å². The molecule has 7 nitrogen and oxygen atoms in total. The van der Waals surface area contributed by atoms with Gasteiger partial charge < -0.3 is 20.3 Å². The molecule has 4 aromatic carbocycles. The Morgan fingerprint density at radius 1 is 0.851 bits per heavy atom. The Kier molecular flexibility index (Phi) is 10.2. The molecule has 1 atom stereocenters. The van der Waals surface area contributed by atoms with Crippen LogP contribution in [0.2, 0.25) is 0 Å². The number of anilines is 1. The number of amides is 3. The monoisotopic (exact) mass is 633 g/mol. The van der Waals surface area contributed by atoms with Crippen molar-refractivity contribution >= 4 is 23.6 Å². The van der Waals surface area contributed by atoms with Crippen molar-refractivity contribution in [1.29, 1.82) is 0 Å². The Hall–Kier alpha value is -5.24. The number of nitrogens with one attached hydrogen (secondary N) is 2. The molecule has 4 aromatic rings. The molecule has 0 fully saturated rings. The van der Waals surface area contributed by atoms with E-state index in [4.69, 9.17) is 4.74 Å². The standard InChI is InChI=1S/C39H40FN3O4/c1-38(2,3)47-37(46)41-33(21-24-36(45)43-26-25-28-27-32(40)19-22-34(28)43)20-23-35(44)42-39(29-13-7-4-8-14-29,30-15-9-5-10-16-30)31-17-11-6-12-18-31/h4-19,21-22,24,27,33H,20,23,25-26H2,1-3H3,(H,41,46)(H,42,44)/b24-21+/t33-/m0/s1. The van der Waals surface area contributed by atoms with Crippen molar-refractivity contribution in [2.45, 2.75) is 57.2 Å². The van der Waals surface area contributed by atoms with Gasteiger partial charge in [0.1, 0.15) is 17.0 Å². The van der Waals surface area contributed by atoms with Gasteiger partial charge in [-0.1, -0.05) is 97.1 Å². The fourth-order valence-electron chi connectivity index (χ4n) is 5.90. The molecule has 3 amide bonds. The highest BCUT2D eigenvalue weighted by Gasteiger charge is 2.38.